The van der Waals surface area contributed by atoms with Crippen molar-refractivity contribution < 1.29 is 9.13 Å². The van der Waals surface area contributed by atoms with Gasteiger partial charge in [0.2, 0.25) is 0 Å². The second-order valence-corrected chi connectivity index (χ2v) is 6.25. The Kier molecular flexibility index (Phi) is 5.47. The Balaban J connectivity index is 2.22. The van der Waals surface area contributed by atoms with E-state index in [-0.39, 0.29) is 5.82 Å². The van der Waals surface area contributed by atoms with Crippen molar-refractivity contribution in [2.75, 3.05) is 0 Å². The molecule has 0 unspecified atom stereocenters. The van der Waals surface area contributed by atoms with E-state index in [2.05, 4.69) is 31.9 Å². The third-order valence-corrected chi connectivity index (χ3v) is 4.26. The molecule has 0 heterocycles. The van der Waals surface area contributed by atoms with Gasteiger partial charge in [0.1, 0.15) is 18.2 Å². The largest absolute Gasteiger partial charge is 0.488 e. The molecule has 20 heavy (non-hydrogen) atoms. The van der Waals surface area contributed by atoms with Crippen molar-refractivity contribution in [1.29, 1.82) is 0 Å². The first kappa shape index (κ1) is 15.8. The molecule has 106 valence electrons. The van der Waals surface area contributed by atoms with E-state index < -0.39 is 0 Å². The molecule has 0 aliphatic heterocycles. The molecule has 0 N–H and O–H groups in total. The van der Waals surface area contributed by atoms with Crippen LogP contribution in [0.1, 0.15) is 16.7 Å². The van der Waals surface area contributed by atoms with E-state index >= 15 is 0 Å². The molecule has 0 aromatic heterocycles. The predicted octanol–water partition coefficient (Wildman–Crippen LogP) is 6.02. The Labute approximate surface area is 139 Å². The number of rotatable bonds is 4. The monoisotopic (exact) mass is 420 g/mol. The van der Waals surface area contributed by atoms with Crippen LogP contribution in [0.25, 0.3) is 0 Å². The summed E-state index contributed by atoms with van der Waals surface area (Å²) in [5.41, 5.74) is 2.85. The van der Waals surface area contributed by atoms with Crippen molar-refractivity contribution in [2.24, 2.45) is 0 Å². The van der Waals surface area contributed by atoms with Gasteiger partial charge in [-0.15, -0.1) is 0 Å². The third-order valence-electron chi connectivity index (χ3n) is 2.85. The summed E-state index contributed by atoms with van der Waals surface area (Å²) in [6, 6.07) is 8.31. The molecule has 0 radical (unpaired) electrons. The van der Waals surface area contributed by atoms with Crippen molar-refractivity contribution in [3.05, 3.63) is 62.3 Å². The van der Waals surface area contributed by atoms with E-state index in [1.807, 2.05) is 19.1 Å². The summed E-state index contributed by atoms with van der Waals surface area (Å²) in [7, 11) is 0. The first-order chi connectivity index (χ1) is 9.51. The fraction of sp³-hybridized carbons (Fsp3) is 0.200. The molecule has 5 heteroatoms. The van der Waals surface area contributed by atoms with E-state index in [9.17, 15) is 4.39 Å². The second kappa shape index (κ2) is 6.92. The minimum Gasteiger partial charge on any atom is -0.488 e. The minimum absolute atomic E-state index is 0.307. The summed E-state index contributed by atoms with van der Waals surface area (Å²) in [4.78, 5) is 0. The zero-order chi connectivity index (χ0) is 14.7. The Morgan fingerprint density at radius 1 is 1.20 bits per heavy atom. The fourth-order valence-corrected chi connectivity index (χ4v) is 3.15. The van der Waals surface area contributed by atoms with Crippen LogP contribution in [-0.4, -0.2) is 0 Å². The van der Waals surface area contributed by atoms with Gasteiger partial charge in [0.05, 0.1) is 5.02 Å². The van der Waals surface area contributed by atoms with Crippen molar-refractivity contribution in [3.63, 3.8) is 0 Å². The molecule has 2 aromatic carbocycles. The lowest BCUT2D eigenvalue weighted by Crippen LogP contribution is -2.01. The third kappa shape index (κ3) is 3.74. The number of ether oxygens (including phenoxy) is 1. The molecule has 2 rings (SSSR count). The van der Waals surface area contributed by atoms with E-state index in [1.165, 1.54) is 12.1 Å². The summed E-state index contributed by atoms with van der Waals surface area (Å²) < 4.78 is 19.9. The maximum Gasteiger partial charge on any atom is 0.126 e. The summed E-state index contributed by atoms with van der Waals surface area (Å²) in [5.74, 6) is 0.477. The highest BCUT2D eigenvalue weighted by Gasteiger charge is 2.10. The summed E-state index contributed by atoms with van der Waals surface area (Å²) in [6.45, 7) is 2.29. The lowest BCUT2D eigenvalue weighted by Gasteiger charge is -2.14. The van der Waals surface area contributed by atoms with E-state index in [0.29, 0.717) is 17.0 Å². The van der Waals surface area contributed by atoms with Gasteiger partial charge in [-0.3, -0.25) is 0 Å². The van der Waals surface area contributed by atoms with Crippen molar-refractivity contribution in [2.45, 2.75) is 18.9 Å². The van der Waals surface area contributed by atoms with Crippen LogP contribution in [0.15, 0.2) is 34.8 Å². The van der Waals surface area contributed by atoms with Gasteiger partial charge in [-0.25, -0.2) is 4.39 Å². The number of aryl methyl sites for hydroxylation is 1. The molecule has 2 aromatic rings. The summed E-state index contributed by atoms with van der Waals surface area (Å²) in [6.07, 6.45) is 0. The van der Waals surface area contributed by atoms with E-state index in [1.54, 1.807) is 6.07 Å². The zero-order valence-corrected chi connectivity index (χ0v) is 14.6. The average molecular weight is 423 g/mol. The fourth-order valence-electron chi connectivity index (χ4n) is 1.89. The highest BCUT2D eigenvalue weighted by Crippen LogP contribution is 2.31. The number of halogens is 4. The van der Waals surface area contributed by atoms with Crippen LogP contribution in [-0.2, 0) is 11.9 Å². The maximum absolute atomic E-state index is 13.0. The molecule has 0 saturated heterocycles. The topological polar surface area (TPSA) is 9.23 Å². The number of hydrogen-bond acceptors (Lipinski definition) is 1. The quantitative estimate of drug-likeness (QED) is 0.547. The smallest absolute Gasteiger partial charge is 0.126 e. The van der Waals surface area contributed by atoms with Gasteiger partial charge in [-0.2, -0.15) is 0 Å². The lowest BCUT2D eigenvalue weighted by atomic mass is 10.1. The summed E-state index contributed by atoms with van der Waals surface area (Å²) in [5, 5.41) is 1.07. The first-order valence-electron chi connectivity index (χ1n) is 5.93. The molecule has 0 spiro atoms. The van der Waals surface area contributed by atoms with E-state index in [0.717, 1.165) is 26.9 Å². The molecule has 1 nitrogen and oxygen atoms in total. The van der Waals surface area contributed by atoms with Crippen LogP contribution >= 0.6 is 43.5 Å². The van der Waals surface area contributed by atoms with Gasteiger partial charge in [-0.1, -0.05) is 49.5 Å². The molecule has 0 amide bonds. The van der Waals surface area contributed by atoms with Crippen LogP contribution in [0.4, 0.5) is 4.39 Å². The SMILES string of the molecule is Cc1cc(Br)cc(CBr)c1OCc1ccc(F)cc1Cl. The van der Waals surface area contributed by atoms with Gasteiger partial charge in [-0.05, 0) is 36.8 Å². The number of hydrogen-bond donors (Lipinski definition) is 0. The lowest BCUT2D eigenvalue weighted by molar-refractivity contribution is 0.301. The normalized spacial score (nSPS) is 10.7. The van der Waals surface area contributed by atoms with Crippen LogP contribution in [0, 0.1) is 12.7 Å². The van der Waals surface area contributed by atoms with Crippen molar-refractivity contribution in [3.8, 4) is 5.75 Å². The van der Waals surface area contributed by atoms with Crippen LogP contribution in [0.3, 0.4) is 0 Å². The zero-order valence-electron chi connectivity index (χ0n) is 10.7. The van der Waals surface area contributed by atoms with Gasteiger partial charge in [0.25, 0.3) is 0 Å². The first-order valence-corrected chi connectivity index (χ1v) is 8.22. The van der Waals surface area contributed by atoms with Gasteiger partial charge in [0.15, 0.2) is 0 Å². The molecule has 0 aliphatic rings. The predicted molar refractivity (Wildman–Crippen MR) is 87.3 cm³/mol. The number of alkyl halides is 1. The Bertz CT molecular complexity index is 632. The second-order valence-electron chi connectivity index (χ2n) is 4.37. The van der Waals surface area contributed by atoms with Crippen LogP contribution in [0.2, 0.25) is 5.02 Å². The maximum atomic E-state index is 13.0. The Morgan fingerprint density at radius 3 is 2.60 bits per heavy atom. The Hall–Kier alpha value is -0.580. The molecule has 0 bridgehead atoms. The highest BCUT2D eigenvalue weighted by molar-refractivity contribution is 9.10. The number of benzene rings is 2. The molecular weight excluding hydrogens is 410 g/mol. The van der Waals surface area contributed by atoms with Crippen LogP contribution in [0.5, 0.6) is 5.75 Å². The summed E-state index contributed by atoms with van der Waals surface area (Å²) >= 11 is 12.9. The van der Waals surface area contributed by atoms with E-state index in [4.69, 9.17) is 16.3 Å². The Morgan fingerprint density at radius 2 is 1.95 bits per heavy atom. The molecule has 0 aliphatic carbocycles. The van der Waals surface area contributed by atoms with Crippen molar-refractivity contribution in [1.82, 2.24) is 0 Å². The molecule has 0 fully saturated rings. The molecule has 0 atom stereocenters. The average Bonchev–Trinajstić information content (AvgIpc) is 2.38. The highest BCUT2D eigenvalue weighted by atomic mass is 79.9. The van der Waals surface area contributed by atoms with Crippen molar-refractivity contribution >= 4 is 43.5 Å². The molecular formula is C15H12Br2ClFO. The standard InChI is InChI=1S/C15H12Br2ClFO/c1-9-4-12(17)5-11(7-16)15(9)20-8-10-2-3-13(19)6-14(10)18/h2-6H,7-8H2,1H3. The van der Waals surface area contributed by atoms with Gasteiger partial charge < -0.3 is 4.74 Å². The molecule has 0 saturated carbocycles. The van der Waals surface area contributed by atoms with Gasteiger partial charge >= 0.3 is 0 Å². The minimum atomic E-state index is -0.347. The van der Waals surface area contributed by atoms with Gasteiger partial charge in [0, 0.05) is 20.9 Å². The van der Waals surface area contributed by atoms with Crippen LogP contribution < -0.4 is 4.74 Å².